The molecule has 5 nitrogen and oxygen atoms in total. The van der Waals surface area contributed by atoms with Crippen LogP contribution in [0.1, 0.15) is 62.1 Å². The van der Waals surface area contributed by atoms with E-state index in [1.54, 1.807) is 7.11 Å². The topological polar surface area (TPSA) is 50.8 Å². The van der Waals surface area contributed by atoms with E-state index in [0.29, 0.717) is 31.5 Å². The second-order valence-electron chi connectivity index (χ2n) is 8.51. The summed E-state index contributed by atoms with van der Waals surface area (Å²) in [5.74, 6) is 2.66. The van der Waals surface area contributed by atoms with E-state index in [1.807, 2.05) is 30.0 Å². The number of nitrogens with one attached hydrogen (secondary N) is 1. The first-order chi connectivity index (χ1) is 15.0. The van der Waals surface area contributed by atoms with Crippen molar-refractivity contribution in [2.24, 2.45) is 0 Å². The van der Waals surface area contributed by atoms with E-state index in [2.05, 4.69) is 43.4 Å². The van der Waals surface area contributed by atoms with Crippen molar-refractivity contribution in [3.8, 4) is 11.5 Å². The largest absolute Gasteiger partial charge is 0.497 e. The predicted molar refractivity (Wildman–Crippen MR) is 125 cm³/mol. The number of amides is 1. The molecule has 0 bridgehead atoms. The van der Waals surface area contributed by atoms with Gasteiger partial charge in [-0.1, -0.05) is 44.2 Å². The molecule has 1 atom stereocenters. The number of hydrogen-bond donors (Lipinski definition) is 1. The Hall–Kier alpha value is -2.53. The van der Waals surface area contributed by atoms with Crippen molar-refractivity contribution in [3.63, 3.8) is 0 Å². The number of nitrogens with zero attached hydrogens (tertiary/aromatic N) is 1. The van der Waals surface area contributed by atoms with Crippen molar-refractivity contribution in [1.29, 1.82) is 0 Å². The molecule has 1 amide bonds. The minimum Gasteiger partial charge on any atom is -0.497 e. The SMILES string of the molecule is CCOc1cc(OC)ccc1CNCC(=O)N1CCCC(c2cccc(C(C)C)c2)C1. The van der Waals surface area contributed by atoms with Gasteiger partial charge in [0.05, 0.1) is 20.3 Å². The lowest BCUT2D eigenvalue weighted by Crippen LogP contribution is -2.43. The third-order valence-electron chi connectivity index (χ3n) is 5.99. The van der Waals surface area contributed by atoms with Crippen LogP contribution in [0.4, 0.5) is 0 Å². The molecule has 1 unspecified atom stereocenters. The Bertz CT molecular complexity index is 865. The summed E-state index contributed by atoms with van der Waals surface area (Å²) in [6.45, 7) is 9.55. The summed E-state index contributed by atoms with van der Waals surface area (Å²) in [4.78, 5) is 14.9. The highest BCUT2D eigenvalue weighted by Gasteiger charge is 2.24. The molecule has 1 heterocycles. The Balaban J connectivity index is 1.56. The summed E-state index contributed by atoms with van der Waals surface area (Å²) >= 11 is 0. The molecule has 1 saturated heterocycles. The molecule has 0 aromatic heterocycles. The molecule has 0 spiro atoms. The highest BCUT2D eigenvalue weighted by molar-refractivity contribution is 5.78. The summed E-state index contributed by atoms with van der Waals surface area (Å²) in [5, 5.41) is 3.30. The summed E-state index contributed by atoms with van der Waals surface area (Å²) in [5.41, 5.74) is 3.75. The third kappa shape index (κ3) is 6.23. The van der Waals surface area contributed by atoms with Gasteiger partial charge < -0.3 is 19.7 Å². The van der Waals surface area contributed by atoms with Crippen molar-refractivity contribution in [1.82, 2.24) is 10.2 Å². The van der Waals surface area contributed by atoms with Crippen molar-refractivity contribution >= 4 is 5.91 Å². The molecule has 0 radical (unpaired) electrons. The van der Waals surface area contributed by atoms with E-state index in [0.717, 1.165) is 43.0 Å². The van der Waals surface area contributed by atoms with E-state index in [-0.39, 0.29) is 5.91 Å². The fourth-order valence-corrected chi connectivity index (χ4v) is 4.16. The Labute approximate surface area is 186 Å². The number of carbonyl (C=O) groups excluding carboxylic acids is 1. The van der Waals surface area contributed by atoms with Crippen LogP contribution in [0.2, 0.25) is 0 Å². The van der Waals surface area contributed by atoms with Crippen molar-refractivity contribution in [2.75, 3.05) is 33.4 Å². The van der Waals surface area contributed by atoms with Gasteiger partial charge in [-0.3, -0.25) is 4.79 Å². The Morgan fingerprint density at radius 2 is 2.06 bits per heavy atom. The van der Waals surface area contributed by atoms with Crippen molar-refractivity contribution in [2.45, 2.75) is 52.0 Å². The fraction of sp³-hybridized carbons (Fsp3) is 0.500. The van der Waals surface area contributed by atoms with Crippen molar-refractivity contribution in [3.05, 3.63) is 59.2 Å². The first-order valence-electron chi connectivity index (χ1n) is 11.4. The number of hydrogen-bond acceptors (Lipinski definition) is 4. The van der Waals surface area contributed by atoms with Gasteiger partial charge in [-0.25, -0.2) is 0 Å². The predicted octanol–water partition coefficient (Wildman–Crippen LogP) is 4.71. The average Bonchev–Trinajstić information content (AvgIpc) is 2.80. The first-order valence-corrected chi connectivity index (χ1v) is 11.4. The van der Waals surface area contributed by atoms with E-state index in [1.165, 1.54) is 11.1 Å². The van der Waals surface area contributed by atoms with E-state index >= 15 is 0 Å². The zero-order chi connectivity index (χ0) is 22.2. The van der Waals surface area contributed by atoms with Gasteiger partial charge in [0.15, 0.2) is 0 Å². The normalized spacial score (nSPS) is 16.4. The van der Waals surface area contributed by atoms with Crippen LogP contribution in [0.5, 0.6) is 11.5 Å². The molecule has 5 heteroatoms. The van der Waals surface area contributed by atoms with Gasteiger partial charge >= 0.3 is 0 Å². The summed E-state index contributed by atoms with van der Waals surface area (Å²) < 4.78 is 11.0. The number of benzene rings is 2. The average molecular weight is 425 g/mol. The lowest BCUT2D eigenvalue weighted by Gasteiger charge is -2.33. The molecule has 0 aliphatic carbocycles. The van der Waals surface area contributed by atoms with Gasteiger partial charge in [0.2, 0.25) is 5.91 Å². The number of rotatable bonds is 9. The monoisotopic (exact) mass is 424 g/mol. The van der Waals surface area contributed by atoms with Crippen LogP contribution in [-0.2, 0) is 11.3 Å². The van der Waals surface area contributed by atoms with Crippen LogP contribution in [0.3, 0.4) is 0 Å². The van der Waals surface area contributed by atoms with E-state index in [4.69, 9.17) is 9.47 Å². The molecule has 31 heavy (non-hydrogen) atoms. The maximum Gasteiger partial charge on any atom is 0.236 e. The molecule has 1 aliphatic rings. The van der Waals surface area contributed by atoms with Gasteiger partial charge in [-0.05, 0) is 42.9 Å². The van der Waals surface area contributed by atoms with Gasteiger partial charge in [-0.2, -0.15) is 0 Å². The Morgan fingerprint density at radius 1 is 1.23 bits per heavy atom. The minimum absolute atomic E-state index is 0.163. The van der Waals surface area contributed by atoms with Crippen molar-refractivity contribution < 1.29 is 14.3 Å². The lowest BCUT2D eigenvalue weighted by molar-refractivity contribution is -0.131. The van der Waals surface area contributed by atoms with Crippen LogP contribution < -0.4 is 14.8 Å². The molecule has 1 aliphatic heterocycles. The zero-order valence-corrected chi connectivity index (χ0v) is 19.3. The van der Waals surface area contributed by atoms with E-state index in [9.17, 15) is 4.79 Å². The fourth-order valence-electron chi connectivity index (χ4n) is 4.16. The van der Waals surface area contributed by atoms with E-state index < -0.39 is 0 Å². The van der Waals surface area contributed by atoms with Gasteiger partial charge in [-0.15, -0.1) is 0 Å². The molecule has 2 aromatic rings. The molecular weight excluding hydrogens is 388 g/mol. The number of methoxy groups -OCH3 is 1. The highest BCUT2D eigenvalue weighted by Crippen LogP contribution is 2.29. The molecule has 1 N–H and O–H groups in total. The molecular formula is C26H36N2O3. The second-order valence-corrected chi connectivity index (χ2v) is 8.51. The highest BCUT2D eigenvalue weighted by atomic mass is 16.5. The van der Waals surface area contributed by atoms with Crippen LogP contribution in [0.15, 0.2) is 42.5 Å². The molecule has 2 aromatic carbocycles. The summed E-state index contributed by atoms with van der Waals surface area (Å²) in [6, 6.07) is 14.7. The Morgan fingerprint density at radius 3 is 2.81 bits per heavy atom. The smallest absolute Gasteiger partial charge is 0.236 e. The zero-order valence-electron chi connectivity index (χ0n) is 19.3. The van der Waals surface area contributed by atoms with Gasteiger partial charge in [0.25, 0.3) is 0 Å². The van der Waals surface area contributed by atoms with Crippen LogP contribution >= 0.6 is 0 Å². The standard InChI is InChI=1S/C26H36N2O3/c1-5-31-25-15-24(30-4)12-11-22(25)16-27-17-26(29)28-13-7-10-23(18-28)21-9-6-8-20(14-21)19(2)3/h6,8-9,11-12,14-15,19,23,27H,5,7,10,13,16-18H2,1-4H3. The van der Waals surface area contributed by atoms with Gasteiger partial charge in [0.1, 0.15) is 11.5 Å². The lowest BCUT2D eigenvalue weighted by atomic mass is 9.88. The Kier molecular flexibility index (Phi) is 8.35. The maximum absolute atomic E-state index is 12.9. The van der Waals surface area contributed by atoms with Crippen LogP contribution in [-0.4, -0.2) is 44.2 Å². The maximum atomic E-state index is 12.9. The summed E-state index contributed by atoms with van der Waals surface area (Å²) in [7, 11) is 1.65. The minimum atomic E-state index is 0.163. The number of piperidine rings is 1. The number of carbonyl (C=O) groups is 1. The molecule has 168 valence electrons. The molecule has 3 rings (SSSR count). The van der Waals surface area contributed by atoms with Crippen LogP contribution in [0.25, 0.3) is 0 Å². The summed E-state index contributed by atoms with van der Waals surface area (Å²) in [6.07, 6.45) is 2.19. The number of likely N-dealkylation sites (tertiary alicyclic amines) is 1. The number of ether oxygens (including phenoxy) is 2. The molecule has 1 fully saturated rings. The third-order valence-corrected chi connectivity index (χ3v) is 5.99. The van der Waals surface area contributed by atoms with Crippen LogP contribution in [0, 0.1) is 0 Å². The van der Waals surface area contributed by atoms with Gasteiger partial charge in [0, 0.05) is 37.2 Å². The quantitative estimate of drug-likeness (QED) is 0.633. The second kappa shape index (κ2) is 11.2. The first kappa shape index (κ1) is 23.1. The molecule has 0 saturated carbocycles.